The number of hydrogen-bond acceptors (Lipinski definition) is 3. The molecule has 0 fully saturated rings. The number of pyridine rings is 1. The molecule has 2 aromatic rings. The summed E-state index contributed by atoms with van der Waals surface area (Å²) >= 11 is 5.70. The van der Waals surface area contributed by atoms with E-state index in [1.54, 1.807) is 6.20 Å². The van der Waals surface area contributed by atoms with Crippen LogP contribution in [0.5, 0.6) is 11.5 Å². The lowest BCUT2D eigenvalue weighted by Gasteiger charge is -2.12. The lowest BCUT2D eigenvalue weighted by molar-refractivity contribution is 0.148. The molecule has 0 saturated heterocycles. The van der Waals surface area contributed by atoms with Crippen molar-refractivity contribution in [3.8, 4) is 11.5 Å². The number of benzene rings is 1. The number of nitrogens with zero attached hydrogens (tertiary/aromatic N) is 1. The zero-order chi connectivity index (χ0) is 13.9. The maximum atomic E-state index is 5.86. The van der Waals surface area contributed by atoms with Gasteiger partial charge in [-0.2, -0.15) is 0 Å². The lowest BCUT2D eigenvalue weighted by atomic mass is 10.1. The van der Waals surface area contributed by atoms with E-state index in [0.29, 0.717) is 12.5 Å². The van der Waals surface area contributed by atoms with Gasteiger partial charge in [0.2, 0.25) is 0 Å². The van der Waals surface area contributed by atoms with Gasteiger partial charge < -0.3 is 9.47 Å². The summed E-state index contributed by atoms with van der Waals surface area (Å²) in [6, 6.07) is 10.0. The summed E-state index contributed by atoms with van der Waals surface area (Å²) < 4.78 is 11.6. The van der Waals surface area contributed by atoms with Crippen LogP contribution in [0.2, 0.25) is 0 Å². The van der Waals surface area contributed by atoms with Crippen LogP contribution in [0, 0.1) is 6.92 Å². The van der Waals surface area contributed by atoms with Gasteiger partial charge in [-0.05, 0) is 30.7 Å². The van der Waals surface area contributed by atoms with Crippen molar-refractivity contribution in [3.63, 3.8) is 0 Å². The van der Waals surface area contributed by atoms with Gasteiger partial charge in [0, 0.05) is 6.42 Å². The van der Waals surface area contributed by atoms with Crippen molar-refractivity contribution in [1.29, 1.82) is 0 Å². The zero-order valence-corrected chi connectivity index (χ0v) is 12.1. The zero-order valence-electron chi connectivity index (χ0n) is 11.3. The van der Waals surface area contributed by atoms with Crippen molar-refractivity contribution in [2.24, 2.45) is 0 Å². The van der Waals surface area contributed by atoms with Gasteiger partial charge in [-0.25, -0.2) is 0 Å². The topological polar surface area (TPSA) is 31.4 Å². The number of alkyl halides is 1. The minimum absolute atomic E-state index is 0.0690. The largest absolute Gasteiger partial charge is 0.488 e. The highest BCUT2D eigenvalue weighted by Crippen LogP contribution is 2.29. The Labute approximate surface area is 123 Å². The van der Waals surface area contributed by atoms with Gasteiger partial charge in [-0.1, -0.05) is 17.7 Å². The van der Waals surface area contributed by atoms with E-state index in [4.69, 9.17) is 21.1 Å². The molecule has 3 nitrogen and oxygen atoms in total. The third kappa shape index (κ3) is 2.88. The molecular formula is C16H16ClNO2. The van der Waals surface area contributed by atoms with E-state index >= 15 is 0 Å². The van der Waals surface area contributed by atoms with Gasteiger partial charge in [0.1, 0.15) is 24.2 Å². The molecule has 0 amide bonds. The summed E-state index contributed by atoms with van der Waals surface area (Å²) in [7, 11) is 0. The number of aryl methyl sites for hydroxylation is 1. The van der Waals surface area contributed by atoms with E-state index in [9.17, 15) is 0 Å². The van der Waals surface area contributed by atoms with Crippen LogP contribution in [0.25, 0.3) is 0 Å². The van der Waals surface area contributed by atoms with E-state index in [0.717, 1.165) is 23.6 Å². The highest BCUT2D eigenvalue weighted by atomic mass is 35.5. The summed E-state index contributed by atoms with van der Waals surface area (Å²) in [5, 5.41) is 0. The maximum absolute atomic E-state index is 5.86. The summed E-state index contributed by atoms with van der Waals surface area (Å²) in [6.45, 7) is 2.61. The Bertz CT molecular complexity index is 598. The molecule has 1 aromatic heterocycles. The van der Waals surface area contributed by atoms with Gasteiger partial charge >= 0.3 is 0 Å². The van der Waals surface area contributed by atoms with Crippen LogP contribution in [0.15, 0.2) is 36.5 Å². The molecule has 4 heteroatoms. The molecule has 1 aliphatic rings. The van der Waals surface area contributed by atoms with E-state index in [1.807, 2.05) is 18.2 Å². The minimum Gasteiger partial charge on any atom is -0.488 e. The minimum atomic E-state index is 0.0690. The first kappa shape index (κ1) is 13.3. The quantitative estimate of drug-likeness (QED) is 0.807. The molecule has 0 aliphatic carbocycles. The number of rotatable bonds is 4. The van der Waals surface area contributed by atoms with Crippen LogP contribution < -0.4 is 9.47 Å². The lowest BCUT2D eigenvalue weighted by Crippen LogP contribution is -2.22. The Balaban J connectivity index is 1.58. The van der Waals surface area contributed by atoms with Crippen molar-refractivity contribution >= 4 is 11.6 Å². The van der Waals surface area contributed by atoms with E-state index < -0.39 is 0 Å². The highest BCUT2D eigenvalue weighted by Gasteiger charge is 2.23. The fraction of sp³-hybridized carbons (Fsp3) is 0.312. The second-order valence-corrected chi connectivity index (χ2v) is 5.25. The molecule has 1 aliphatic heterocycles. The third-order valence-electron chi connectivity index (χ3n) is 3.33. The molecule has 1 aromatic carbocycles. The normalized spacial score (nSPS) is 16.6. The second-order valence-electron chi connectivity index (χ2n) is 4.99. The van der Waals surface area contributed by atoms with Crippen molar-refractivity contribution in [1.82, 2.24) is 4.98 Å². The molecule has 0 radical (unpaired) electrons. The number of aromatic nitrogens is 1. The predicted molar refractivity (Wildman–Crippen MR) is 78.6 cm³/mol. The second kappa shape index (κ2) is 5.71. The molecule has 104 valence electrons. The van der Waals surface area contributed by atoms with Gasteiger partial charge in [0.05, 0.1) is 17.8 Å². The van der Waals surface area contributed by atoms with Crippen LogP contribution in [0.3, 0.4) is 0 Å². The predicted octanol–water partition coefficient (Wildman–Crippen LogP) is 3.51. The Morgan fingerprint density at radius 1 is 1.35 bits per heavy atom. The standard InChI is InChI=1S/C16H16ClNO2/c1-11-2-5-16-12(6-11)7-15(20-16)10-19-14-4-3-13(8-17)18-9-14/h2-6,9,15H,7-8,10H2,1H3. The molecule has 0 bridgehead atoms. The number of fused-ring (bicyclic) bond motifs is 1. The Hall–Kier alpha value is -1.74. The van der Waals surface area contributed by atoms with Crippen LogP contribution in [0.4, 0.5) is 0 Å². The van der Waals surface area contributed by atoms with Gasteiger partial charge in [0.25, 0.3) is 0 Å². The van der Waals surface area contributed by atoms with Crippen molar-refractivity contribution in [3.05, 3.63) is 53.3 Å². The smallest absolute Gasteiger partial charge is 0.137 e. The molecule has 1 atom stereocenters. The Morgan fingerprint density at radius 2 is 2.25 bits per heavy atom. The first-order valence-electron chi connectivity index (χ1n) is 6.64. The van der Waals surface area contributed by atoms with Crippen molar-refractivity contribution < 1.29 is 9.47 Å². The number of halogens is 1. The molecule has 1 unspecified atom stereocenters. The highest BCUT2D eigenvalue weighted by molar-refractivity contribution is 6.16. The van der Waals surface area contributed by atoms with Crippen molar-refractivity contribution in [2.75, 3.05) is 6.61 Å². The summed E-state index contributed by atoms with van der Waals surface area (Å²) in [4.78, 5) is 4.20. The third-order valence-corrected chi connectivity index (χ3v) is 3.60. The van der Waals surface area contributed by atoms with Gasteiger partial charge in [-0.3, -0.25) is 4.98 Å². The molecule has 3 rings (SSSR count). The summed E-state index contributed by atoms with van der Waals surface area (Å²) in [5.74, 6) is 2.13. The van der Waals surface area contributed by atoms with Crippen LogP contribution >= 0.6 is 11.6 Å². The molecule has 0 saturated carbocycles. The van der Waals surface area contributed by atoms with E-state index in [-0.39, 0.29) is 6.10 Å². The molecule has 0 spiro atoms. The molecule has 20 heavy (non-hydrogen) atoms. The average Bonchev–Trinajstić information content (AvgIpc) is 2.87. The van der Waals surface area contributed by atoms with Gasteiger partial charge in [-0.15, -0.1) is 11.6 Å². The van der Waals surface area contributed by atoms with Crippen LogP contribution in [-0.4, -0.2) is 17.7 Å². The van der Waals surface area contributed by atoms with E-state index in [1.165, 1.54) is 11.1 Å². The Morgan fingerprint density at radius 3 is 3.00 bits per heavy atom. The number of hydrogen-bond donors (Lipinski definition) is 0. The molecular weight excluding hydrogens is 274 g/mol. The summed E-state index contributed by atoms with van der Waals surface area (Å²) in [6.07, 6.45) is 2.66. The summed E-state index contributed by atoms with van der Waals surface area (Å²) in [5.41, 5.74) is 3.36. The Kier molecular flexibility index (Phi) is 3.79. The number of ether oxygens (including phenoxy) is 2. The van der Waals surface area contributed by atoms with Crippen molar-refractivity contribution in [2.45, 2.75) is 25.3 Å². The van der Waals surface area contributed by atoms with E-state index in [2.05, 4.69) is 24.0 Å². The molecule has 2 heterocycles. The fourth-order valence-corrected chi connectivity index (χ4v) is 2.46. The first-order chi connectivity index (χ1) is 9.74. The first-order valence-corrected chi connectivity index (χ1v) is 7.18. The van der Waals surface area contributed by atoms with Crippen LogP contribution in [0.1, 0.15) is 16.8 Å². The van der Waals surface area contributed by atoms with Gasteiger partial charge in [0.15, 0.2) is 0 Å². The SMILES string of the molecule is Cc1ccc2c(c1)CC(COc1ccc(CCl)nc1)O2. The molecule has 0 N–H and O–H groups in total. The average molecular weight is 290 g/mol. The monoisotopic (exact) mass is 289 g/mol. The van der Waals surface area contributed by atoms with Crippen LogP contribution in [-0.2, 0) is 12.3 Å². The maximum Gasteiger partial charge on any atom is 0.137 e. The fourth-order valence-electron chi connectivity index (χ4n) is 2.31.